The molecule has 1 aliphatic carbocycles. The molecule has 5 amide bonds. The Balaban J connectivity index is 2.30. The van der Waals surface area contributed by atoms with Gasteiger partial charge in [0, 0.05) is 32.7 Å². The Morgan fingerprint density at radius 2 is 1.69 bits per heavy atom. The van der Waals surface area contributed by atoms with Gasteiger partial charge in [0.15, 0.2) is 0 Å². The fourth-order valence-electron chi connectivity index (χ4n) is 6.03. The number of hydrogen-bond acceptors (Lipinski definition) is 7. The number of piperidine rings is 1. The average molecular weight is 655 g/mol. The number of likely N-dealkylation sites (tertiary alicyclic amines) is 1. The highest BCUT2D eigenvalue weighted by molar-refractivity contribution is 7.88. The van der Waals surface area contributed by atoms with Crippen LogP contribution in [0.4, 0.5) is 4.79 Å². The maximum atomic E-state index is 14.2. The molecule has 13 nitrogen and oxygen atoms in total. The maximum absolute atomic E-state index is 14.2. The minimum Gasteiger partial charge on any atom is -0.346 e. The molecule has 0 aromatic rings. The summed E-state index contributed by atoms with van der Waals surface area (Å²) in [5.74, 6) is -2.73. The fraction of sp³-hybridized carbons (Fsp3) is 0.774. The van der Waals surface area contributed by atoms with Gasteiger partial charge in [-0.1, -0.05) is 67.9 Å². The first-order valence-electron chi connectivity index (χ1n) is 15.6. The Hall–Kier alpha value is -3.00. The second-order valence-corrected chi connectivity index (χ2v) is 16.5. The number of Topliss-reactive ketones (excluding diaryl/α,β-unsaturated/α-hetero) is 1. The van der Waals surface area contributed by atoms with E-state index in [0.717, 1.165) is 10.6 Å². The number of amides is 5. The van der Waals surface area contributed by atoms with E-state index in [9.17, 15) is 32.4 Å². The first kappa shape index (κ1) is 38.2. The van der Waals surface area contributed by atoms with E-state index < -0.39 is 69.1 Å². The van der Waals surface area contributed by atoms with E-state index in [2.05, 4.69) is 27.8 Å². The summed E-state index contributed by atoms with van der Waals surface area (Å²) in [6.07, 6.45) is 3.33. The maximum Gasteiger partial charge on any atom is 0.315 e. The van der Waals surface area contributed by atoms with Crippen molar-refractivity contribution >= 4 is 39.6 Å². The summed E-state index contributed by atoms with van der Waals surface area (Å²) in [5, 5.41) is 10.8. The predicted molar refractivity (Wildman–Crippen MR) is 172 cm³/mol. The third-order valence-corrected chi connectivity index (χ3v) is 10.4. The molecule has 0 bridgehead atoms. The van der Waals surface area contributed by atoms with Crippen LogP contribution in [0.2, 0.25) is 0 Å². The number of ketones is 1. The van der Waals surface area contributed by atoms with Crippen LogP contribution in [0.5, 0.6) is 0 Å². The summed E-state index contributed by atoms with van der Waals surface area (Å²) in [7, 11) is -2.04. The molecule has 2 aliphatic rings. The lowest BCUT2D eigenvalue weighted by Crippen LogP contribution is -2.62. The van der Waals surface area contributed by atoms with Crippen LogP contribution in [0.1, 0.15) is 68.2 Å². The van der Waals surface area contributed by atoms with Gasteiger partial charge >= 0.3 is 6.03 Å². The van der Waals surface area contributed by atoms with Crippen molar-refractivity contribution in [2.45, 2.75) is 92.4 Å². The largest absolute Gasteiger partial charge is 0.346 e. The number of likely N-dealkylation sites (N-methyl/N-ethyl adjacent to an activating group) is 1. The zero-order chi connectivity index (χ0) is 34.7. The highest BCUT2D eigenvalue weighted by atomic mass is 32.2. The highest BCUT2D eigenvalue weighted by Crippen LogP contribution is 2.65. The standard InChI is InChI=1S/C31H54N6O7S/c1-12-14-20(24(38)27(40)32-15-13-2)33-26(39)23-22-19(31(22,8)9)16-37(23)28(41)25(30(5,6)7)35-29(42)34-21(18(3)4)17-36(10)45(11,43)44/h13,18-23,25H,2,12,14-17H2,1,3-11H3,(H,32,40)(H,33,39)(H2,34,35,42)/t19-,20?,21-,22-,23-,25+/m0/s1. The van der Waals surface area contributed by atoms with Gasteiger partial charge < -0.3 is 26.2 Å². The van der Waals surface area contributed by atoms with Crippen LogP contribution < -0.4 is 21.3 Å². The van der Waals surface area contributed by atoms with E-state index in [1.807, 2.05) is 34.6 Å². The van der Waals surface area contributed by atoms with Crippen LogP contribution in [-0.2, 0) is 29.2 Å². The van der Waals surface area contributed by atoms with Gasteiger partial charge in [0.2, 0.25) is 27.6 Å². The molecule has 1 saturated carbocycles. The molecule has 2 rings (SSSR count). The normalized spacial score (nSPS) is 22.6. The Morgan fingerprint density at radius 3 is 2.18 bits per heavy atom. The van der Waals surface area contributed by atoms with Crippen LogP contribution in [0, 0.1) is 28.6 Å². The zero-order valence-electron chi connectivity index (χ0n) is 28.5. The van der Waals surface area contributed by atoms with Gasteiger partial charge in [0.05, 0.1) is 12.3 Å². The first-order valence-corrected chi connectivity index (χ1v) is 17.5. The lowest BCUT2D eigenvalue weighted by molar-refractivity contribution is -0.145. The van der Waals surface area contributed by atoms with Crippen molar-refractivity contribution in [3.05, 3.63) is 12.7 Å². The van der Waals surface area contributed by atoms with Gasteiger partial charge in [-0.15, -0.1) is 6.58 Å². The van der Waals surface area contributed by atoms with Crippen molar-refractivity contribution in [1.82, 2.24) is 30.5 Å². The summed E-state index contributed by atoms with van der Waals surface area (Å²) < 4.78 is 25.1. The van der Waals surface area contributed by atoms with Crippen molar-refractivity contribution in [2.24, 2.45) is 28.6 Å². The van der Waals surface area contributed by atoms with Gasteiger partial charge in [0.1, 0.15) is 12.1 Å². The monoisotopic (exact) mass is 654 g/mol. The molecule has 256 valence electrons. The molecule has 0 spiro atoms. The topological polar surface area (TPSA) is 174 Å². The lowest BCUT2D eigenvalue weighted by Gasteiger charge is -2.38. The third kappa shape index (κ3) is 9.27. The van der Waals surface area contributed by atoms with E-state index in [1.54, 1.807) is 20.8 Å². The van der Waals surface area contributed by atoms with E-state index >= 15 is 0 Å². The minimum atomic E-state index is -3.47. The molecule has 2 fully saturated rings. The molecular weight excluding hydrogens is 600 g/mol. The number of nitrogens with zero attached hydrogens (tertiary/aromatic N) is 2. The molecule has 0 aromatic heterocycles. The summed E-state index contributed by atoms with van der Waals surface area (Å²) in [6, 6.07) is -4.12. The fourth-order valence-corrected chi connectivity index (χ4v) is 6.46. The Morgan fingerprint density at radius 1 is 1.09 bits per heavy atom. The van der Waals surface area contributed by atoms with E-state index in [4.69, 9.17) is 0 Å². The number of nitrogens with one attached hydrogen (secondary N) is 4. The van der Waals surface area contributed by atoms with Gasteiger partial charge in [-0.3, -0.25) is 19.2 Å². The SMILES string of the molecule is C=CCNC(=O)C(=O)C(CCC)NC(=O)[C@@H]1[C@@H]2[C@H](CN1C(=O)[C@@H](NC(=O)N[C@@H](CN(C)S(C)(=O)=O)C(C)C)C(C)(C)C)C2(C)C. The lowest BCUT2D eigenvalue weighted by atomic mass is 9.85. The van der Waals surface area contributed by atoms with Crippen molar-refractivity contribution in [2.75, 3.05) is 32.9 Å². The quantitative estimate of drug-likeness (QED) is 0.152. The Bertz CT molecular complexity index is 1260. The smallest absolute Gasteiger partial charge is 0.315 e. The van der Waals surface area contributed by atoms with Gasteiger partial charge in [-0.2, -0.15) is 0 Å². The van der Waals surface area contributed by atoms with E-state index in [0.29, 0.717) is 13.0 Å². The third-order valence-electron chi connectivity index (χ3n) is 9.13. The molecule has 1 unspecified atom stereocenters. The minimum absolute atomic E-state index is 0.0497. The number of carbonyl (C=O) groups excluding carboxylic acids is 5. The van der Waals surface area contributed by atoms with Crippen molar-refractivity contribution in [3.63, 3.8) is 0 Å². The molecule has 1 aliphatic heterocycles. The summed E-state index contributed by atoms with van der Waals surface area (Å²) >= 11 is 0. The predicted octanol–water partition coefficient (Wildman–Crippen LogP) is 1.26. The summed E-state index contributed by atoms with van der Waals surface area (Å²) in [4.78, 5) is 68.1. The number of urea groups is 1. The first-order chi connectivity index (χ1) is 20.6. The Kier molecular flexibility index (Phi) is 12.4. The van der Waals surface area contributed by atoms with Crippen LogP contribution in [0.15, 0.2) is 12.7 Å². The molecule has 6 atom stereocenters. The molecular formula is C31H54N6O7S. The second-order valence-electron chi connectivity index (χ2n) is 14.4. The number of fused-ring (bicyclic) bond motifs is 1. The molecule has 1 heterocycles. The number of carbonyl (C=O) groups is 5. The van der Waals surface area contributed by atoms with Crippen molar-refractivity contribution < 1.29 is 32.4 Å². The molecule has 1 saturated heterocycles. The van der Waals surface area contributed by atoms with E-state index in [-0.39, 0.29) is 42.7 Å². The van der Waals surface area contributed by atoms with Crippen molar-refractivity contribution in [1.29, 1.82) is 0 Å². The second kappa shape index (κ2) is 14.6. The van der Waals surface area contributed by atoms with Crippen LogP contribution in [-0.4, -0.2) is 104 Å². The van der Waals surface area contributed by atoms with E-state index in [1.165, 1.54) is 18.0 Å². The molecule has 0 radical (unpaired) electrons. The summed E-state index contributed by atoms with van der Waals surface area (Å²) in [6.45, 7) is 19.0. The van der Waals surface area contributed by atoms with Crippen LogP contribution in [0.3, 0.4) is 0 Å². The van der Waals surface area contributed by atoms with Gasteiger partial charge in [0.25, 0.3) is 5.91 Å². The number of rotatable bonds is 15. The molecule has 0 aromatic carbocycles. The Labute approximate surface area is 268 Å². The molecule has 4 N–H and O–H groups in total. The van der Waals surface area contributed by atoms with Gasteiger partial charge in [-0.25, -0.2) is 17.5 Å². The summed E-state index contributed by atoms with van der Waals surface area (Å²) in [5.41, 5.74) is -0.957. The van der Waals surface area contributed by atoms with Crippen molar-refractivity contribution in [3.8, 4) is 0 Å². The highest BCUT2D eigenvalue weighted by Gasteiger charge is 2.70. The van der Waals surface area contributed by atoms with Gasteiger partial charge in [-0.05, 0) is 35.0 Å². The number of hydrogen-bond donors (Lipinski definition) is 4. The zero-order valence-corrected chi connectivity index (χ0v) is 29.3. The number of sulfonamides is 1. The van der Waals surface area contributed by atoms with Crippen LogP contribution in [0.25, 0.3) is 0 Å². The molecule has 14 heteroatoms. The average Bonchev–Trinajstić information content (AvgIpc) is 3.23. The van der Waals surface area contributed by atoms with Crippen LogP contribution >= 0.6 is 0 Å². The molecule has 45 heavy (non-hydrogen) atoms.